The Morgan fingerprint density at radius 2 is 2.00 bits per heavy atom. The Labute approximate surface area is 104 Å². The first-order chi connectivity index (χ1) is 8.35. The van der Waals surface area contributed by atoms with Crippen molar-refractivity contribution >= 4 is 5.82 Å². The minimum atomic E-state index is -4.23. The first kappa shape index (κ1) is 14.5. The van der Waals surface area contributed by atoms with E-state index in [1.807, 2.05) is 13.8 Å². The molecule has 0 aromatic carbocycles. The summed E-state index contributed by atoms with van der Waals surface area (Å²) in [4.78, 5) is 7.90. The largest absolute Gasteiger partial charge is 0.477 e. The van der Waals surface area contributed by atoms with Crippen LogP contribution in [0.2, 0.25) is 0 Å². The molecule has 0 aliphatic heterocycles. The number of halogens is 3. The van der Waals surface area contributed by atoms with Gasteiger partial charge in [-0.25, -0.2) is 9.97 Å². The smallest absolute Gasteiger partial charge is 0.392 e. The average molecular weight is 263 g/mol. The maximum Gasteiger partial charge on any atom is 0.392 e. The van der Waals surface area contributed by atoms with E-state index in [1.54, 1.807) is 7.05 Å². The van der Waals surface area contributed by atoms with Gasteiger partial charge in [-0.15, -0.1) is 0 Å². The lowest BCUT2D eigenvalue weighted by Crippen LogP contribution is -2.15. The van der Waals surface area contributed by atoms with Crippen LogP contribution >= 0.6 is 0 Å². The van der Waals surface area contributed by atoms with Crippen LogP contribution in [0, 0.1) is 0 Å². The van der Waals surface area contributed by atoms with E-state index in [9.17, 15) is 13.2 Å². The number of anilines is 1. The van der Waals surface area contributed by atoms with Gasteiger partial charge in [0.15, 0.2) is 0 Å². The minimum Gasteiger partial charge on any atom is -0.477 e. The van der Waals surface area contributed by atoms with E-state index in [0.717, 1.165) is 0 Å². The number of aromatic nitrogens is 2. The highest BCUT2D eigenvalue weighted by Crippen LogP contribution is 2.30. The van der Waals surface area contributed by atoms with Crippen molar-refractivity contribution in [1.29, 1.82) is 0 Å². The molecule has 0 saturated carbocycles. The predicted octanol–water partition coefficient (Wildman–Crippen LogP) is 2.97. The van der Waals surface area contributed by atoms with Crippen molar-refractivity contribution in [2.75, 3.05) is 19.0 Å². The van der Waals surface area contributed by atoms with Gasteiger partial charge in [0.05, 0.1) is 18.6 Å². The Morgan fingerprint density at radius 3 is 2.50 bits per heavy atom. The van der Waals surface area contributed by atoms with Crippen molar-refractivity contribution in [3.8, 4) is 5.88 Å². The Hall–Kier alpha value is -1.53. The van der Waals surface area contributed by atoms with Gasteiger partial charge >= 0.3 is 6.18 Å². The molecule has 1 heterocycles. The van der Waals surface area contributed by atoms with Crippen LogP contribution in [0.3, 0.4) is 0 Å². The van der Waals surface area contributed by atoms with Gasteiger partial charge in [0, 0.05) is 7.05 Å². The van der Waals surface area contributed by atoms with Crippen molar-refractivity contribution in [3.63, 3.8) is 0 Å². The molecule has 4 nitrogen and oxygen atoms in total. The number of ether oxygens (including phenoxy) is 1. The van der Waals surface area contributed by atoms with Crippen LogP contribution in [0.15, 0.2) is 6.33 Å². The van der Waals surface area contributed by atoms with E-state index >= 15 is 0 Å². The molecule has 1 N–H and O–H groups in total. The summed E-state index contributed by atoms with van der Waals surface area (Å²) < 4.78 is 41.2. The van der Waals surface area contributed by atoms with E-state index in [-0.39, 0.29) is 11.8 Å². The maximum atomic E-state index is 12.0. The summed E-state index contributed by atoms with van der Waals surface area (Å²) in [7, 11) is 1.69. The first-order valence-electron chi connectivity index (χ1n) is 5.57. The highest BCUT2D eigenvalue weighted by molar-refractivity contribution is 5.50. The monoisotopic (exact) mass is 263 g/mol. The molecule has 0 atom stereocenters. The molecule has 0 saturated heterocycles. The first-order valence-corrected chi connectivity index (χ1v) is 5.57. The van der Waals surface area contributed by atoms with Gasteiger partial charge in [0.25, 0.3) is 0 Å². The fraction of sp³-hybridized carbons (Fsp3) is 0.636. The van der Waals surface area contributed by atoms with Crippen molar-refractivity contribution < 1.29 is 17.9 Å². The van der Waals surface area contributed by atoms with E-state index in [1.165, 1.54) is 6.33 Å². The highest BCUT2D eigenvalue weighted by atomic mass is 19.4. The summed E-state index contributed by atoms with van der Waals surface area (Å²) in [5, 5.41) is 2.87. The maximum absolute atomic E-state index is 12.0. The van der Waals surface area contributed by atoms with Gasteiger partial charge in [0.1, 0.15) is 12.1 Å². The van der Waals surface area contributed by atoms with Crippen LogP contribution in [0.5, 0.6) is 5.88 Å². The highest BCUT2D eigenvalue weighted by Gasteiger charge is 2.27. The van der Waals surface area contributed by atoms with Gasteiger partial charge in [-0.3, -0.25) is 0 Å². The van der Waals surface area contributed by atoms with Gasteiger partial charge in [-0.1, -0.05) is 13.8 Å². The quantitative estimate of drug-likeness (QED) is 0.887. The summed E-state index contributed by atoms with van der Waals surface area (Å²) in [5.74, 6) is 0.824. The molecule has 1 aromatic heterocycles. The second-order valence-electron chi connectivity index (χ2n) is 4.06. The van der Waals surface area contributed by atoms with Crippen LogP contribution in [0.1, 0.15) is 31.7 Å². The van der Waals surface area contributed by atoms with E-state index in [0.29, 0.717) is 11.4 Å². The molecule has 7 heteroatoms. The van der Waals surface area contributed by atoms with Gasteiger partial charge in [-0.2, -0.15) is 13.2 Å². The van der Waals surface area contributed by atoms with Crippen LogP contribution < -0.4 is 10.1 Å². The average Bonchev–Trinajstić information content (AvgIpc) is 2.26. The van der Waals surface area contributed by atoms with Crippen LogP contribution in [-0.2, 0) is 0 Å². The zero-order valence-corrected chi connectivity index (χ0v) is 10.5. The van der Waals surface area contributed by atoms with Crippen LogP contribution in [0.4, 0.5) is 19.0 Å². The van der Waals surface area contributed by atoms with Crippen molar-refractivity contribution in [3.05, 3.63) is 11.9 Å². The van der Waals surface area contributed by atoms with E-state index in [4.69, 9.17) is 4.74 Å². The molecule has 18 heavy (non-hydrogen) atoms. The van der Waals surface area contributed by atoms with Crippen molar-refractivity contribution in [1.82, 2.24) is 9.97 Å². The van der Waals surface area contributed by atoms with Gasteiger partial charge < -0.3 is 10.1 Å². The van der Waals surface area contributed by atoms with Gasteiger partial charge in [-0.05, 0) is 5.92 Å². The third-order valence-corrected chi connectivity index (χ3v) is 2.29. The molecule has 1 aromatic rings. The SMILES string of the molecule is CNc1ncnc(OCCC(F)(F)F)c1C(C)C. The predicted molar refractivity (Wildman–Crippen MR) is 61.8 cm³/mol. The molecule has 0 spiro atoms. The second-order valence-corrected chi connectivity index (χ2v) is 4.06. The lowest BCUT2D eigenvalue weighted by Gasteiger charge is -2.16. The lowest BCUT2D eigenvalue weighted by atomic mass is 10.1. The number of rotatable bonds is 5. The molecule has 102 valence electrons. The Bertz CT molecular complexity index is 394. The van der Waals surface area contributed by atoms with Gasteiger partial charge in [0.2, 0.25) is 5.88 Å². The molecule has 0 aliphatic carbocycles. The summed E-state index contributed by atoms with van der Waals surface area (Å²) in [5.41, 5.74) is 0.683. The van der Waals surface area contributed by atoms with Crippen molar-refractivity contribution in [2.45, 2.75) is 32.4 Å². The molecule has 1 rings (SSSR count). The van der Waals surface area contributed by atoms with E-state index in [2.05, 4.69) is 15.3 Å². The molecular weight excluding hydrogens is 247 g/mol. The topological polar surface area (TPSA) is 47.0 Å². The van der Waals surface area contributed by atoms with Crippen LogP contribution in [0.25, 0.3) is 0 Å². The third kappa shape index (κ3) is 4.05. The molecule has 0 aliphatic rings. The number of nitrogens with one attached hydrogen (secondary N) is 1. The molecular formula is C11H16F3N3O. The standard InChI is InChI=1S/C11H16F3N3O/c1-7(2)8-9(15-3)16-6-17-10(8)18-5-4-11(12,13)14/h6-7H,4-5H2,1-3H3,(H,15,16,17). The fourth-order valence-corrected chi connectivity index (χ4v) is 1.48. The molecule has 0 amide bonds. The number of hydrogen-bond acceptors (Lipinski definition) is 4. The third-order valence-electron chi connectivity index (χ3n) is 2.29. The zero-order chi connectivity index (χ0) is 13.8. The Morgan fingerprint density at radius 1 is 1.33 bits per heavy atom. The lowest BCUT2D eigenvalue weighted by molar-refractivity contribution is -0.139. The number of alkyl halides is 3. The fourth-order valence-electron chi connectivity index (χ4n) is 1.48. The molecule has 0 fully saturated rings. The minimum absolute atomic E-state index is 0.0505. The van der Waals surface area contributed by atoms with Crippen molar-refractivity contribution in [2.24, 2.45) is 0 Å². The number of hydrogen-bond donors (Lipinski definition) is 1. The normalized spacial score (nSPS) is 11.7. The summed E-state index contributed by atoms with van der Waals surface area (Å²) in [6.45, 7) is 3.36. The Balaban J connectivity index is 2.82. The summed E-state index contributed by atoms with van der Waals surface area (Å²) in [6.07, 6.45) is -3.96. The molecule has 0 radical (unpaired) electrons. The summed E-state index contributed by atoms with van der Waals surface area (Å²) >= 11 is 0. The molecule has 0 unspecified atom stereocenters. The summed E-state index contributed by atoms with van der Waals surface area (Å²) in [6, 6.07) is 0. The van der Waals surface area contributed by atoms with Crippen LogP contribution in [-0.4, -0.2) is 29.8 Å². The second kappa shape index (κ2) is 5.88. The molecule has 0 bridgehead atoms. The van der Waals surface area contributed by atoms with E-state index < -0.39 is 19.2 Å². The Kier molecular flexibility index (Phi) is 4.75. The number of nitrogens with zero attached hydrogens (tertiary/aromatic N) is 2. The zero-order valence-electron chi connectivity index (χ0n) is 10.5.